The molecular weight excluding hydrogens is 388 g/mol. The van der Waals surface area contributed by atoms with Gasteiger partial charge in [-0.3, -0.25) is 9.59 Å². The molecule has 3 aromatic carbocycles. The highest BCUT2D eigenvalue weighted by Crippen LogP contribution is 2.14. The van der Waals surface area contributed by atoms with E-state index in [9.17, 15) is 9.59 Å². The predicted molar refractivity (Wildman–Crippen MR) is 125 cm³/mol. The molecule has 0 radical (unpaired) electrons. The Morgan fingerprint density at radius 3 is 2.03 bits per heavy atom. The van der Waals surface area contributed by atoms with Gasteiger partial charge in [0.1, 0.15) is 5.70 Å². The fourth-order valence-electron chi connectivity index (χ4n) is 2.74. The molecule has 0 aromatic heterocycles. The maximum atomic E-state index is 12.8. The van der Waals surface area contributed by atoms with Crippen molar-refractivity contribution in [2.75, 3.05) is 19.0 Å². The number of carbonyl (C=O) groups is 2. The first-order valence-electron chi connectivity index (χ1n) is 9.77. The van der Waals surface area contributed by atoms with Crippen molar-refractivity contribution in [1.29, 1.82) is 0 Å². The van der Waals surface area contributed by atoms with Crippen molar-refractivity contribution in [1.82, 2.24) is 10.7 Å². The first-order chi connectivity index (χ1) is 15.0. The molecule has 0 saturated heterocycles. The number of amides is 2. The first kappa shape index (κ1) is 21.5. The molecule has 6 nitrogen and oxygen atoms in total. The second-order valence-corrected chi connectivity index (χ2v) is 6.97. The Labute approximate surface area is 181 Å². The number of hydrogen-bond donors (Lipinski definition) is 2. The second-order valence-electron chi connectivity index (χ2n) is 6.97. The maximum absolute atomic E-state index is 12.8. The van der Waals surface area contributed by atoms with E-state index in [-0.39, 0.29) is 11.6 Å². The Bertz CT molecular complexity index is 1070. The third kappa shape index (κ3) is 6.40. The Morgan fingerprint density at radius 1 is 0.806 bits per heavy atom. The van der Waals surface area contributed by atoms with Gasteiger partial charge in [-0.2, -0.15) is 5.10 Å². The first-order valence-corrected chi connectivity index (χ1v) is 9.77. The van der Waals surface area contributed by atoms with Crippen molar-refractivity contribution >= 4 is 29.8 Å². The highest BCUT2D eigenvalue weighted by Gasteiger charge is 2.14. The number of nitrogens with zero attached hydrogens (tertiary/aromatic N) is 2. The molecular formula is C25H24N4O2. The van der Waals surface area contributed by atoms with Crippen LogP contribution in [-0.2, 0) is 4.79 Å². The van der Waals surface area contributed by atoms with Gasteiger partial charge in [0.2, 0.25) is 0 Å². The Kier molecular flexibility index (Phi) is 7.32. The van der Waals surface area contributed by atoms with Gasteiger partial charge in [0.05, 0.1) is 6.21 Å². The minimum atomic E-state index is -0.520. The molecule has 31 heavy (non-hydrogen) atoms. The summed E-state index contributed by atoms with van der Waals surface area (Å²) >= 11 is 0. The van der Waals surface area contributed by atoms with Gasteiger partial charge in [-0.05, 0) is 41.5 Å². The maximum Gasteiger partial charge on any atom is 0.287 e. The zero-order valence-corrected chi connectivity index (χ0v) is 17.4. The molecule has 0 atom stereocenters. The number of rotatable bonds is 7. The number of anilines is 1. The van der Waals surface area contributed by atoms with Crippen LogP contribution in [0.2, 0.25) is 0 Å². The van der Waals surface area contributed by atoms with E-state index < -0.39 is 5.91 Å². The fraction of sp³-hybridized carbons (Fsp3) is 0.0800. The third-order valence-electron chi connectivity index (χ3n) is 4.43. The molecule has 3 aromatic rings. The number of nitrogens with one attached hydrogen (secondary N) is 2. The van der Waals surface area contributed by atoms with Crippen molar-refractivity contribution in [2.24, 2.45) is 5.10 Å². The lowest BCUT2D eigenvalue weighted by Crippen LogP contribution is -2.32. The number of hydrogen-bond acceptors (Lipinski definition) is 4. The largest absolute Gasteiger partial charge is 0.378 e. The van der Waals surface area contributed by atoms with Crippen molar-refractivity contribution in [3.8, 4) is 0 Å². The zero-order valence-electron chi connectivity index (χ0n) is 17.4. The van der Waals surface area contributed by atoms with Crippen LogP contribution in [0, 0.1) is 0 Å². The number of carbonyl (C=O) groups excluding carboxylic acids is 2. The molecule has 6 heteroatoms. The number of benzene rings is 3. The van der Waals surface area contributed by atoms with Gasteiger partial charge < -0.3 is 10.2 Å². The van der Waals surface area contributed by atoms with E-state index in [1.165, 1.54) is 0 Å². The summed E-state index contributed by atoms with van der Waals surface area (Å²) in [4.78, 5) is 27.4. The van der Waals surface area contributed by atoms with Crippen LogP contribution in [0.3, 0.4) is 0 Å². The molecule has 0 fully saturated rings. The lowest BCUT2D eigenvalue weighted by molar-refractivity contribution is -0.117. The van der Waals surface area contributed by atoms with Crippen molar-refractivity contribution in [3.05, 3.63) is 107 Å². The topological polar surface area (TPSA) is 73.8 Å². The molecule has 0 spiro atoms. The molecule has 2 N–H and O–H groups in total. The van der Waals surface area contributed by atoms with Crippen LogP contribution in [0.25, 0.3) is 6.08 Å². The predicted octanol–water partition coefficient (Wildman–Crippen LogP) is 3.67. The molecule has 0 bridgehead atoms. The monoisotopic (exact) mass is 412 g/mol. The molecule has 2 amide bonds. The molecule has 0 aliphatic heterocycles. The van der Waals surface area contributed by atoms with Gasteiger partial charge in [0, 0.05) is 25.3 Å². The van der Waals surface area contributed by atoms with Crippen LogP contribution < -0.4 is 15.6 Å². The van der Waals surface area contributed by atoms with E-state index in [1.807, 2.05) is 79.7 Å². The van der Waals surface area contributed by atoms with Crippen molar-refractivity contribution in [2.45, 2.75) is 0 Å². The van der Waals surface area contributed by atoms with Crippen LogP contribution >= 0.6 is 0 Å². The van der Waals surface area contributed by atoms with Crippen molar-refractivity contribution < 1.29 is 9.59 Å². The highest BCUT2D eigenvalue weighted by molar-refractivity contribution is 6.05. The third-order valence-corrected chi connectivity index (χ3v) is 4.43. The SMILES string of the molecule is CN(C)c1ccc(C=C(NC(=O)c2ccccc2)C(=O)NN=Cc2ccccc2)cc1. The van der Waals surface area contributed by atoms with Gasteiger partial charge >= 0.3 is 0 Å². The highest BCUT2D eigenvalue weighted by atomic mass is 16.2. The average Bonchev–Trinajstić information content (AvgIpc) is 2.80. The zero-order chi connectivity index (χ0) is 22.1. The summed E-state index contributed by atoms with van der Waals surface area (Å²) in [5, 5.41) is 6.69. The van der Waals surface area contributed by atoms with Gasteiger partial charge in [-0.25, -0.2) is 5.43 Å². The molecule has 0 aliphatic carbocycles. The summed E-state index contributed by atoms with van der Waals surface area (Å²) in [7, 11) is 3.91. The summed E-state index contributed by atoms with van der Waals surface area (Å²) in [5.74, 6) is -0.896. The van der Waals surface area contributed by atoms with Crippen LogP contribution in [0.15, 0.2) is 95.7 Å². The van der Waals surface area contributed by atoms with Crippen LogP contribution in [0.1, 0.15) is 21.5 Å². The average molecular weight is 412 g/mol. The molecule has 0 aliphatic rings. The minimum Gasteiger partial charge on any atom is -0.378 e. The molecule has 0 unspecified atom stereocenters. The van der Waals surface area contributed by atoms with Gasteiger partial charge in [0.15, 0.2) is 0 Å². The number of hydrazone groups is 1. The van der Waals surface area contributed by atoms with Crippen LogP contribution in [-0.4, -0.2) is 32.1 Å². The summed E-state index contributed by atoms with van der Waals surface area (Å²) in [6.07, 6.45) is 3.16. The van der Waals surface area contributed by atoms with E-state index in [4.69, 9.17) is 0 Å². The van der Waals surface area contributed by atoms with Gasteiger partial charge in [0.25, 0.3) is 11.8 Å². The minimum absolute atomic E-state index is 0.0941. The summed E-state index contributed by atoms with van der Waals surface area (Å²) in [5.41, 5.74) is 5.68. The van der Waals surface area contributed by atoms with E-state index in [1.54, 1.807) is 36.6 Å². The van der Waals surface area contributed by atoms with E-state index in [0.29, 0.717) is 5.56 Å². The standard InChI is InChI=1S/C25H24N4O2/c1-29(2)22-15-13-19(14-16-22)17-23(27-24(30)21-11-7-4-8-12-21)25(31)28-26-18-20-9-5-3-6-10-20/h3-18H,1-2H3,(H,27,30)(H,28,31). The normalized spacial score (nSPS) is 11.2. The van der Waals surface area contributed by atoms with Gasteiger partial charge in [-0.15, -0.1) is 0 Å². The van der Waals surface area contributed by atoms with Gasteiger partial charge in [-0.1, -0.05) is 60.7 Å². The molecule has 3 rings (SSSR count). The van der Waals surface area contributed by atoms with Crippen LogP contribution in [0.5, 0.6) is 0 Å². The Morgan fingerprint density at radius 2 is 1.42 bits per heavy atom. The lowest BCUT2D eigenvalue weighted by atomic mass is 10.1. The van der Waals surface area contributed by atoms with E-state index in [0.717, 1.165) is 16.8 Å². The van der Waals surface area contributed by atoms with Crippen molar-refractivity contribution in [3.63, 3.8) is 0 Å². The molecule has 0 heterocycles. The molecule has 0 saturated carbocycles. The summed E-state index contributed by atoms with van der Waals surface area (Å²) in [6, 6.07) is 25.8. The molecule has 156 valence electrons. The quantitative estimate of drug-likeness (QED) is 0.353. The fourth-order valence-corrected chi connectivity index (χ4v) is 2.74. The summed E-state index contributed by atoms with van der Waals surface area (Å²) in [6.45, 7) is 0. The summed E-state index contributed by atoms with van der Waals surface area (Å²) < 4.78 is 0. The Hall–Kier alpha value is -4.19. The lowest BCUT2D eigenvalue weighted by Gasteiger charge is -2.12. The Balaban J connectivity index is 1.81. The second kappa shape index (κ2) is 10.5. The van der Waals surface area contributed by atoms with Crippen LogP contribution in [0.4, 0.5) is 5.69 Å². The smallest absolute Gasteiger partial charge is 0.287 e. The van der Waals surface area contributed by atoms with E-state index >= 15 is 0 Å². The van der Waals surface area contributed by atoms with E-state index in [2.05, 4.69) is 15.8 Å².